The van der Waals surface area contributed by atoms with E-state index in [1.54, 1.807) is 17.5 Å². The van der Waals surface area contributed by atoms with E-state index in [2.05, 4.69) is 30.5 Å². The van der Waals surface area contributed by atoms with Crippen molar-refractivity contribution in [3.63, 3.8) is 0 Å². The summed E-state index contributed by atoms with van der Waals surface area (Å²) in [6.45, 7) is 7.44. The minimum atomic E-state index is -0.0269. The van der Waals surface area contributed by atoms with E-state index in [9.17, 15) is 4.79 Å². The Kier molecular flexibility index (Phi) is 4.78. The molecule has 5 rings (SSSR count). The molecule has 0 unspecified atom stereocenters. The van der Waals surface area contributed by atoms with E-state index in [1.807, 2.05) is 51.1 Å². The van der Waals surface area contributed by atoms with Crippen LogP contribution in [0.3, 0.4) is 0 Å². The molecule has 4 aromatic rings. The van der Waals surface area contributed by atoms with E-state index in [-0.39, 0.29) is 5.91 Å². The van der Waals surface area contributed by atoms with Crippen LogP contribution in [0.2, 0.25) is 0 Å². The molecule has 0 fully saturated rings. The zero-order valence-electron chi connectivity index (χ0n) is 17.6. The molecule has 2 N–H and O–H groups in total. The van der Waals surface area contributed by atoms with Crippen LogP contribution in [0.1, 0.15) is 26.8 Å². The SMILES string of the molecule is Cc1nc(-c2ccc(Nc3nccc(-c4c(C)c5n(c4C)CCNC5=O)n3)cc2)cs1. The number of aryl methyl sites for hydroxylation is 1. The Bertz CT molecular complexity index is 1290. The van der Waals surface area contributed by atoms with E-state index >= 15 is 0 Å². The maximum atomic E-state index is 12.4. The molecule has 7 nitrogen and oxygen atoms in total. The van der Waals surface area contributed by atoms with E-state index in [1.165, 1.54) is 0 Å². The van der Waals surface area contributed by atoms with Crippen molar-refractivity contribution in [3.05, 3.63) is 63.9 Å². The Labute approximate surface area is 184 Å². The lowest BCUT2D eigenvalue weighted by Gasteiger charge is -2.17. The fourth-order valence-electron chi connectivity index (χ4n) is 4.12. The predicted molar refractivity (Wildman–Crippen MR) is 123 cm³/mol. The van der Waals surface area contributed by atoms with Gasteiger partial charge in [0, 0.05) is 47.2 Å². The van der Waals surface area contributed by atoms with Crippen molar-refractivity contribution in [1.82, 2.24) is 24.8 Å². The first-order valence-corrected chi connectivity index (χ1v) is 11.0. The van der Waals surface area contributed by atoms with Crippen molar-refractivity contribution in [1.29, 1.82) is 0 Å². The summed E-state index contributed by atoms with van der Waals surface area (Å²) in [5.41, 5.74) is 7.48. The molecule has 1 amide bonds. The number of benzene rings is 1. The highest BCUT2D eigenvalue weighted by molar-refractivity contribution is 7.09. The van der Waals surface area contributed by atoms with Gasteiger partial charge in [-0.15, -0.1) is 11.3 Å². The number of fused-ring (bicyclic) bond motifs is 1. The largest absolute Gasteiger partial charge is 0.349 e. The molecule has 31 heavy (non-hydrogen) atoms. The predicted octanol–water partition coefficient (Wildman–Crippen LogP) is 4.48. The molecule has 4 heterocycles. The molecule has 8 heteroatoms. The van der Waals surface area contributed by atoms with Gasteiger partial charge in [0.2, 0.25) is 5.95 Å². The van der Waals surface area contributed by atoms with Crippen LogP contribution in [0.4, 0.5) is 11.6 Å². The summed E-state index contributed by atoms with van der Waals surface area (Å²) in [7, 11) is 0. The Morgan fingerprint density at radius 3 is 2.58 bits per heavy atom. The number of hydrogen-bond donors (Lipinski definition) is 2. The Hall–Kier alpha value is -3.52. The summed E-state index contributed by atoms with van der Waals surface area (Å²) >= 11 is 1.64. The lowest BCUT2D eigenvalue weighted by Crippen LogP contribution is -2.35. The van der Waals surface area contributed by atoms with Crippen molar-refractivity contribution in [2.45, 2.75) is 27.3 Å². The second-order valence-electron chi connectivity index (χ2n) is 7.56. The van der Waals surface area contributed by atoms with Gasteiger partial charge in [0.25, 0.3) is 5.91 Å². The number of thiazole rings is 1. The van der Waals surface area contributed by atoms with Gasteiger partial charge in [0.05, 0.1) is 16.4 Å². The van der Waals surface area contributed by atoms with Gasteiger partial charge in [0.1, 0.15) is 5.69 Å². The van der Waals surface area contributed by atoms with Crippen molar-refractivity contribution < 1.29 is 4.79 Å². The fourth-order valence-corrected chi connectivity index (χ4v) is 4.74. The summed E-state index contributed by atoms with van der Waals surface area (Å²) in [6.07, 6.45) is 1.74. The Morgan fingerprint density at radius 1 is 1.06 bits per heavy atom. The molecule has 0 radical (unpaired) electrons. The molecular formula is C23H22N6OS. The summed E-state index contributed by atoms with van der Waals surface area (Å²) in [6, 6.07) is 9.96. The van der Waals surface area contributed by atoms with Crippen LogP contribution in [-0.4, -0.2) is 32.0 Å². The first-order valence-electron chi connectivity index (χ1n) is 10.1. The molecule has 0 spiro atoms. The molecule has 156 valence electrons. The van der Waals surface area contributed by atoms with Crippen LogP contribution in [0.25, 0.3) is 22.5 Å². The number of hydrogen-bond acceptors (Lipinski definition) is 6. The standard InChI is InChI=1S/C23H22N6OS/c1-13-20(14(2)29-11-10-24-22(30)21(13)29)18-8-9-25-23(28-18)27-17-6-4-16(5-7-17)19-12-31-15(3)26-19/h4-9,12H,10-11H2,1-3H3,(H,24,30)(H,25,27,28). The highest BCUT2D eigenvalue weighted by Crippen LogP contribution is 2.32. The number of nitrogens with one attached hydrogen (secondary N) is 2. The van der Waals surface area contributed by atoms with Gasteiger partial charge < -0.3 is 15.2 Å². The molecule has 0 saturated heterocycles. The number of carbonyl (C=O) groups excluding carboxylic acids is 1. The van der Waals surface area contributed by atoms with Crippen molar-refractivity contribution >= 4 is 28.9 Å². The second-order valence-corrected chi connectivity index (χ2v) is 8.62. The van der Waals surface area contributed by atoms with Crippen LogP contribution in [0.5, 0.6) is 0 Å². The number of aromatic nitrogens is 4. The topological polar surface area (TPSA) is 84.7 Å². The summed E-state index contributed by atoms with van der Waals surface area (Å²) in [5.74, 6) is 0.489. The number of nitrogens with zero attached hydrogens (tertiary/aromatic N) is 4. The third-order valence-corrected chi connectivity index (χ3v) is 6.34. The molecule has 1 aliphatic heterocycles. The van der Waals surface area contributed by atoms with Gasteiger partial charge in [-0.1, -0.05) is 12.1 Å². The molecule has 0 saturated carbocycles. The zero-order chi connectivity index (χ0) is 21.5. The molecular weight excluding hydrogens is 408 g/mol. The maximum Gasteiger partial charge on any atom is 0.268 e. The summed E-state index contributed by atoms with van der Waals surface area (Å²) < 4.78 is 2.08. The number of carbonyl (C=O) groups is 1. The molecule has 3 aromatic heterocycles. The quantitative estimate of drug-likeness (QED) is 0.499. The fraction of sp³-hybridized carbons (Fsp3) is 0.217. The number of anilines is 2. The van der Waals surface area contributed by atoms with Crippen molar-refractivity contribution in [2.75, 3.05) is 11.9 Å². The van der Waals surface area contributed by atoms with E-state index in [4.69, 9.17) is 4.98 Å². The van der Waals surface area contributed by atoms with Crippen molar-refractivity contribution in [3.8, 4) is 22.5 Å². The third kappa shape index (κ3) is 3.48. The van der Waals surface area contributed by atoms with Crippen LogP contribution in [0, 0.1) is 20.8 Å². The van der Waals surface area contributed by atoms with Gasteiger partial charge in [0.15, 0.2) is 0 Å². The Morgan fingerprint density at radius 2 is 1.87 bits per heavy atom. The zero-order valence-corrected chi connectivity index (χ0v) is 18.4. The van der Waals surface area contributed by atoms with Gasteiger partial charge in [-0.25, -0.2) is 15.0 Å². The molecule has 1 aliphatic rings. The van der Waals surface area contributed by atoms with Crippen LogP contribution in [0.15, 0.2) is 41.9 Å². The van der Waals surface area contributed by atoms with Gasteiger partial charge in [-0.2, -0.15) is 0 Å². The van der Waals surface area contributed by atoms with Crippen LogP contribution in [-0.2, 0) is 6.54 Å². The summed E-state index contributed by atoms with van der Waals surface area (Å²) in [4.78, 5) is 26.0. The molecule has 0 bridgehead atoms. The van der Waals surface area contributed by atoms with E-state index < -0.39 is 0 Å². The third-order valence-electron chi connectivity index (χ3n) is 5.57. The smallest absolute Gasteiger partial charge is 0.268 e. The average Bonchev–Trinajstić information content (AvgIpc) is 3.31. The second kappa shape index (κ2) is 7.63. The lowest BCUT2D eigenvalue weighted by atomic mass is 10.1. The highest BCUT2D eigenvalue weighted by Gasteiger charge is 2.26. The lowest BCUT2D eigenvalue weighted by molar-refractivity contribution is 0.0926. The van der Waals surface area contributed by atoms with Gasteiger partial charge in [-0.05, 0) is 44.5 Å². The van der Waals surface area contributed by atoms with Crippen molar-refractivity contribution in [2.24, 2.45) is 0 Å². The van der Waals surface area contributed by atoms with Gasteiger partial charge in [-0.3, -0.25) is 4.79 Å². The maximum absolute atomic E-state index is 12.4. The van der Waals surface area contributed by atoms with Crippen LogP contribution >= 0.6 is 11.3 Å². The van der Waals surface area contributed by atoms with Crippen LogP contribution < -0.4 is 10.6 Å². The molecule has 0 atom stereocenters. The number of rotatable bonds is 4. The first kappa shape index (κ1) is 19.4. The molecule has 1 aromatic carbocycles. The first-order chi connectivity index (χ1) is 15.0. The van der Waals surface area contributed by atoms with Gasteiger partial charge >= 0.3 is 0 Å². The summed E-state index contributed by atoms with van der Waals surface area (Å²) in [5, 5.41) is 9.32. The highest BCUT2D eigenvalue weighted by atomic mass is 32.1. The van der Waals surface area contributed by atoms with E-state index in [0.29, 0.717) is 12.5 Å². The normalized spacial score (nSPS) is 13.1. The monoisotopic (exact) mass is 430 g/mol. The number of amides is 1. The Balaban J connectivity index is 1.43. The minimum absolute atomic E-state index is 0.0269. The minimum Gasteiger partial charge on any atom is -0.349 e. The average molecular weight is 431 g/mol. The molecule has 0 aliphatic carbocycles. The van der Waals surface area contributed by atoms with E-state index in [0.717, 1.165) is 56.7 Å².